The van der Waals surface area contributed by atoms with Crippen LogP contribution in [0.5, 0.6) is 11.5 Å². The highest BCUT2D eigenvalue weighted by atomic mass is 16.5. The van der Waals surface area contributed by atoms with Crippen molar-refractivity contribution in [1.82, 2.24) is 5.32 Å². The maximum Gasteiger partial charge on any atom is 0.232 e. The summed E-state index contributed by atoms with van der Waals surface area (Å²) >= 11 is 0. The van der Waals surface area contributed by atoms with Crippen molar-refractivity contribution in [1.29, 1.82) is 0 Å². The van der Waals surface area contributed by atoms with Gasteiger partial charge in [0.25, 0.3) is 0 Å². The Labute approximate surface area is 159 Å². The molecule has 5 rings (SSSR count). The van der Waals surface area contributed by atoms with Crippen molar-refractivity contribution in [2.75, 3.05) is 6.54 Å². The van der Waals surface area contributed by atoms with Crippen molar-refractivity contribution in [3.8, 4) is 11.5 Å². The smallest absolute Gasteiger partial charge is 0.232 e. The molecule has 27 heavy (non-hydrogen) atoms. The van der Waals surface area contributed by atoms with E-state index in [2.05, 4.69) is 29.6 Å². The number of carbonyl (C=O) groups excluding carboxylic acids is 1. The second-order valence-electron chi connectivity index (χ2n) is 7.47. The fourth-order valence-corrected chi connectivity index (χ4v) is 4.06. The van der Waals surface area contributed by atoms with E-state index in [0.717, 1.165) is 35.5 Å². The molecule has 1 amide bonds. The first-order valence-electron chi connectivity index (χ1n) is 9.46. The molecule has 3 nitrogen and oxygen atoms in total. The molecule has 0 bridgehead atoms. The number of para-hydroxylation sites is 2. The summed E-state index contributed by atoms with van der Waals surface area (Å²) in [6, 6.07) is 26.1. The highest BCUT2D eigenvalue weighted by Gasteiger charge is 2.45. The van der Waals surface area contributed by atoms with E-state index in [9.17, 15) is 4.79 Å². The normalized spacial score (nSPS) is 16.6. The van der Waals surface area contributed by atoms with Crippen LogP contribution in [0.4, 0.5) is 0 Å². The molecule has 3 aromatic carbocycles. The lowest BCUT2D eigenvalue weighted by Crippen LogP contribution is -2.36. The molecule has 1 N–H and O–H groups in total. The number of carbonyl (C=O) groups is 1. The van der Waals surface area contributed by atoms with Crippen molar-refractivity contribution >= 4 is 5.91 Å². The largest absolute Gasteiger partial charge is 0.457 e. The molecular formula is C24H21NO2. The van der Waals surface area contributed by atoms with E-state index < -0.39 is 0 Å². The summed E-state index contributed by atoms with van der Waals surface area (Å²) in [5, 5.41) is 3.24. The number of hydrogen-bond acceptors (Lipinski definition) is 2. The van der Waals surface area contributed by atoms with E-state index in [1.165, 1.54) is 5.56 Å². The Hall–Kier alpha value is -3.07. The number of benzene rings is 3. The van der Waals surface area contributed by atoms with E-state index >= 15 is 0 Å². The molecule has 1 heterocycles. The Bertz CT molecular complexity index is 947. The lowest BCUT2D eigenvalue weighted by atomic mass is 9.87. The van der Waals surface area contributed by atoms with Crippen LogP contribution >= 0.6 is 0 Å². The van der Waals surface area contributed by atoms with E-state index in [1.807, 2.05) is 54.6 Å². The van der Waals surface area contributed by atoms with Crippen molar-refractivity contribution in [3.63, 3.8) is 0 Å². The van der Waals surface area contributed by atoms with Gasteiger partial charge in [0.15, 0.2) is 0 Å². The molecule has 0 aromatic heterocycles. The summed E-state index contributed by atoms with van der Waals surface area (Å²) in [5.74, 6) is 1.24. The van der Waals surface area contributed by atoms with Crippen molar-refractivity contribution in [2.45, 2.75) is 24.2 Å². The zero-order valence-electron chi connectivity index (χ0n) is 15.0. The van der Waals surface area contributed by atoms with Gasteiger partial charge < -0.3 is 10.1 Å². The van der Waals surface area contributed by atoms with Crippen molar-refractivity contribution in [3.05, 3.63) is 95.6 Å². The van der Waals surface area contributed by atoms with Gasteiger partial charge in [-0.2, -0.15) is 0 Å². The molecule has 0 spiro atoms. The van der Waals surface area contributed by atoms with Gasteiger partial charge in [-0.15, -0.1) is 0 Å². The van der Waals surface area contributed by atoms with Gasteiger partial charge >= 0.3 is 0 Å². The lowest BCUT2D eigenvalue weighted by Gasteiger charge is -2.28. The topological polar surface area (TPSA) is 38.3 Å². The average Bonchev–Trinajstić information content (AvgIpc) is 3.52. The number of rotatable bonds is 4. The van der Waals surface area contributed by atoms with Crippen LogP contribution in [0.15, 0.2) is 78.9 Å². The third-order valence-corrected chi connectivity index (χ3v) is 5.78. The quantitative estimate of drug-likeness (QED) is 0.732. The fraction of sp³-hybridized carbons (Fsp3) is 0.208. The second kappa shape index (κ2) is 6.27. The molecule has 1 aliphatic heterocycles. The van der Waals surface area contributed by atoms with Crippen LogP contribution in [0.25, 0.3) is 0 Å². The van der Waals surface area contributed by atoms with Gasteiger partial charge in [0, 0.05) is 23.1 Å². The van der Waals surface area contributed by atoms with E-state index in [4.69, 9.17) is 4.74 Å². The molecule has 1 fully saturated rings. The van der Waals surface area contributed by atoms with E-state index in [0.29, 0.717) is 6.54 Å². The monoisotopic (exact) mass is 355 g/mol. The Balaban J connectivity index is 1.42. The standard InChI is InChI=1S/C24H21NO2/c26-23(25-16-24(14-15-24)17-8-2-1-3-9-17)22-18-10-4-6-12-20(18)27-21-13-7-5-11-19(21)22/h1-13,22H,14-16H2,(H,25,26). The summed E-state index contributed by atoms with van der Waals surface area (Å²) in [7, 11) is 0. The second-order valence-corrected chi connectivity index (χ2v) is 7.47. The molecule has 3 aromatic rings. The molecule has 0 unspecified atom stereocenters. The minimum absolute atomic E-state index is 0.0420. The van der Waals surface area contributed by atoms with Crippen LogP contribution in [0.1, 0.15) is 35.4 Å². The van der Waals surface area contributed by atoms with Crippen LogP contribution in [0.2, 0.25) is 0 Å². The summed E-state index contributed by atoms with van der Waals surface area (Å²) in [4.78, 5) is 13.3. The van der Waals surface area contributed by atoms with Crippen LogP contribution in [0.3, 0.4) is 0 Å². The minimum Gasteiger partial charge on any atom is -0.457 e. The Morgan fingerprint density at radius 2 is 1.41 bits per heavy atom. The number of nitrogens with one attached hydrogen (secondary N) is 1. The number of amides is 1. The minimum atomic E-state index is -0.335. The van der Waals surface area contributed by atoms with Crippen LogP contribution in [-0.4, -0.2) is 12.5 Å². The third kappa shape index (κ3) is 2.80. The molecule has 2 aliphatic rings. The molecule has 1 saturated carbocycles. The van der Waals surface area contributed by atoms with Gasteiger partial charge in [0.1, 0.15) is 11.5 Å². The van der Waals surface area contributed by atoms with Crippen molar-refractivity contribution in [2.24, 2.45) is 0 Å². The first-order valence-corrected chi connectivity index (χ1v) is 9.46. The number of hydrogen-bond donors (Lipinski definition) is 1. The molecule has 134 valence electrons. The van der Waals surface area contributed by atoms with E-state index in [-0.39, 0.29) is 17.2 Å². The first kappa shape index (κ1) is 16.1. The maximum absolute atomic E-state index is 13.3. The molecule has 3 heteroatoms. The zero-order valence-corrected chi connectivity index (χ0v) is 15.0. The van der Waals surface area contributed by atoms with Gasteiger partial charge in [-0.05, 0) is 30.5 Å². The van der Waals surface area contributed by atoms with Gasteiger partial charge in [0.2, 0.25) is 5.91 Å². The van der Waals surface area contributed by atoms with Crippen LogP contribution < -0.4 is 10.1 Å². The fourth-order valence-electron chi connectivity index (χ4n) is 4.06. The lowest BCUT2D eigenvalue weighted by molar-refractivity contribution is -0.121. The molecule has 0 radical (unpaired) electrons. The SMILES string of the molecule is O=C(NCC1(c2ccccc2)CC1)C1c2ccccc2Oc2ccccc21. The predicted molar refractivity (Wildman–Crippen MR) is 105 cm³/mol. The summed E-state index contributed by atoms with van der Waals surface area (Å²) in [6.45, 7) is 0.678. The Kier molecular flexibility index (Phi) is 3.75. The van der Waals surface area contributed by atoms with E-state index in [1.54, 1.807) is 0 Å². The highest BCUT2D eigenvalue weighted by Crippen LogP contribution is 2.48. The Morgan fingerprint density at radius 3 is 2.00 bits per heavy atom. The van der Waals surface area contributed by atoms with Crippen LogP contribution in [-0.2, 0) is 10.2 Å². The first-order chi connectivity index (χ1) is 13.3. The highest BCUT2D eigenvalue weighted by molar-refractivity contribution is 5.89. The van der Waals surface area contributed by atoms with Crippen molar-refractivity contribution < 1.29 is 9.53 Å². The zero-order chi connectivity index (χ0) is 18.3. The average molecular weight is 355 g/mol. The van der Waals surface area contributed by atoms with Gasteiger partial charge in [-0.1, -0.05) is 66.7 Å². The Morgan fingerprint density at radius 1 is 0.852 bits per heavy atom. The molecule has 0 saturated heterocycles. The summed E-state index contributed by atoms with van der Waals surface area (Å²) in [6.07, 6.45) is 2.25. The predicted octanol–water partition coefficient (Wildman–Crippen LogP) is 4.77. The third-order valence-electron chi connectivity index (χ3n) is 5.78. The molecular weight excluding hydrogens is 334 g/mol. The molecule has 0 atom stereocenters. The number of ether oxygens (including phenoxy) is 1. The summed E-state index contributed by atoms with van der Waals surface area (Å²) in [5.41, 5.74) is 3.27. The molecule has 1 aliphatic carbocycles. The van der Waals surface area contributed by atoms with Crippen LogP contribution in [0, 0.1) is 0 Å². The summed E-state index contributed by atoms with van der Waals surface area (Å²) < 4.78 is 6.00. The van der Waals surface area contributed by atoms with Gasteiger partial charge in [0.05, 0.1) is 5.92 Å². The van der Waals surface area contributed by atoms with Gasteiger partial charge in [-0.25, -0.2) is 0 Å². The van der Waals surface area contributed by atoms with Gasteiger partial charge in [-0.3, -0.25) is 4.79 Å². The number of fused-ring (bicyclic) bond motifs is 2. The maximum atomic E-state index is 13.3.